The first-order valence-electron chi connectivity index (χ1n) is 16.5. The van der Waals surface area contributed by atoms with E-state index in [1.165, 1.54) is 51.4 Å². The maximum absolute atomic E-state index is 12.6. The van der Waals surface area contributed by atoms with Crippen LogP contribution in [0.4, 0.5) is 0 Å². The molecule has 0 saturated heterocycles. The number of carbonyl (C=O) groups is 2. The molecule has 4 saturated carbocycles. The third-order valence-electron chi connectivity index (χ3n) is 12.0. The molecular weight excluding hydrogens is 522 g/mol. The molecule has 0 spiro atoms. The van der Waals surface area contributed by atoms with E-state index in [0.29, 0.717) is 32.1 Å². The van der Waals surface area contributed by atoms with E-state index in [4.69, 9.17) is 4.74 Å². The van der Waals surface area contributed by atoms with Gasteiger partial charge in [-0.15, -0.1) is 0 Å². The molecule has 4 aliphatic carbocycles. The number of carbonyl (C=O) groups excluding carboxylic acids is 2. The highest BCUT2D eigenvalue weighted by molar-refractivity contribution is 5.85. The normalized spacial score (nSPS) is 41.3. The number of esters is 1. The van der Waals surface area contributed by atoms with Crippen LogP contribution in [0.15, 0.2) is 11.6 Å². The lowest BCUT2D eigenvalue weighted by Crippen LogP contribution is -2.72. The first kappa shape index (κ1) is 32.4. The number of carboxylic acid groups (broad SMARTS) is 1. The Morgan fingerprint density at radius 3 is 2.24 bits per heavy atom. The average Bonchev–Trinajstić information content (AvgIpc) is 3.47. The Bertz CT molecular complexity index is 961. The SMILES string of the molecule is CCCCCCCCCC[NH3+].C[C@]12CC[C@H]3C(CCC4(O)CC(O)CC[C@]34C(=O)[O-])C1(O)CC[C@H]2C1=CC(=O)OC1. The van der Waals surface area contributed by atoms with Crippen LogP contribution in [0.5, 0.6) is 0 Å². The van der Waals surface area contributed by atoms with Gasteiger partial charge in [0.1, 0.15) is 6.61 Å². The minimum Gasteiger partial charge on any atom is -0.549 e. The molecule has 8 atom stereocenters. The van der Waals surface area contributed by atoms with Crippen molar-refractivity contribution in [1.29, 1.82) is 0 Å². The van der Waals surface area contributed by atoms with Gasteiger partial charge in [0.2, 0.25) is 0 Å². The number of hydrogen-bond acceptors (Lipinski definition) is 7. The minimum atomic E-state index is -1.50. The van der Waals surface area contributed by atoms with Crippen LogP contribution in [0.1, 0.15) is 123 Å². The molecule has 234 valence electrons. The van der Waals surface area contributed by atoms with Gasteiger partial charge in [-0.25, -0.2) is 4.79 Å². The number of aliphatic hydroxyl groups is 3. The van der Waals surface area contributed by atoms with Gasteiger partial charge in [-0.05, 0) is 87.5 Å². The van der Waals surface area contributed by atoms with Crippen molar-refractivity contribution in [1.82, 2.24) is 0 Å². The topological polar surface area (TPSA) is 155 Å². The third kappa shape index (κ3) is 5.75. The van der Waals surface area contributed by atoms with Crippen molar-refractivity contribution in [2.45, 2.75) is 140 Å². The summed E-state index contributed by atoms with van der Waals surface area (Å²) in [5.74, 6) is -2.19. The lowest BCUT2D eigenvalue weighted by Gasteiger charge is -2.67. The van der Waals surface area contributed by atoms with Crippen molar-refractivity contribution in [3.05, 3.63) is 11.6 Å². The zero-order valence-electron chi connectivity index (χ0n) is 25.5. The second-order valence-corrected chi connectivity index (χ2v) is 14.1. The summed E-state index contributed by atoms with van der Waals surface area (Å²) in [5.41, 5.74) is 0.299. The van der Waals surface area contributed by atoms with E-state index in [-0.39, 0.29) is 49.6 Å². The fourth-order valence-corrected chi connectivity index (χ4v) is 9.78. The first-order valence-corrected chi connectivity index (χ1v) is 16.5. The van der Waals surface area contributed by atoms with Gasteiger partial charge in [0.05, 0.1) is 29.8 Å². The molecule has 8 nitrogen and oxygen atoms in total. The van der Waals surface area contributed by atoms with Crippen LogP contribution < -0.4 is 10.8 Å². The number of carboxylic acids is 1. The molecule has 1 aliphatic heterocycles. The summed E-state index contributed by atoms with van der Waals surface area (Å²) in [6, 6.07) is 0. The van der Waals surface area contributed by atoms with E-state index in [1.54, 1.807) is 6.08 Å². The van der Waals surface area contributed by atoms with Gasteiger partial charge in [-0.2, -0.15) is 0 Å². The van der Waals surface area contributed by atoms with Crippen LogP contribution in [0.2, 0.25) is 0 Å². The summed E-state index contributed by atoms with van der Waals surface area (Å²) in [7, 11) is 0. The second-order valence-electron chi connectivity index (χ2n) is 14.1. The molecule has 0 aromatic heterocycles. The number of rotatable bonds is 10. The van der Waals surface area contributed by atoms with E-state index in [2.05, 4.69) is 19.6 Å². The van der Waals surface area contributed by atoms with Gasteiger partial charge in [0, 0.05) is 23.3 Å². The number of hydrogen-bond donors (Lipinski definition) is 4. The van der Waals surface area contributed by atoms with Crippen LogP contribution in [0.3, 0.4) is 0 Å². The molecule has 5 aliphatic rings. The molecule has 5 rings (SSSR count). The Morgan fingerprint density at radius 1 is 0.976 bits per heavy atom. The summed E-state index contributed by atoms with van der Waals surface area (Å²) >= 11 is 0. The number of unbranched alkanes of at least 4 members (excludes halogenated alkanes) is 7. The van der Waals surface area contributed by atoms with Gasteiger partial charge in [-0.3, -0.25) is 0 Å². The number of quaternary nitrogens is 1. The van der Waals surface area contributed by atoms with Gasteiger partial charge in [0.25, 0.3) is 0 Å². The monoisotopic (exact) mass is 577 g/mol. The van der Waals surface area contributed by atoms with Crippen LogP contribution in [0.25, 0.3) is 0 Å². The van der Waals surface area contributed by atoms with Crippen molar-refractivity contribution >= 4 is 11.9 Å². The number of aliphatic hydroxyl groups excluding tert-OH is 1. The summed E-state index contributed by atoms with van der Waals surface area (Å²) < 4.78 is 5.13. The number of ether oxygens (including phenoxy) is 1. The molecule has 4 unspecified atom stereocenters. The molecule has 0 aromatic carbocycles. The number of aliphatic carboxylic acids is 1. The quantitative estimate of drug-likeness (QED) is 0.230. The number of cyclic esters (lactones) is 1. The van der Waals surface area contributed by atoms with Gasteiger partial charge >= 0.3 is 5.97 Å². The van der Waals surface area contributed by atoms with Crippen LogP contribution in [-0.4, -0.2) is 57.7 Å². The highest BCUT2D eigenvalue weighted by atomic mass is 16.5. The van der Waals surface area contributed by atoms with Crippen molar-refractivity contribution in [2.75, 3.05) is 13.2 Å². The summed E-state index contributed by atoms with van der Waals surface area (Å²) in [4.78, 5) is 24.2. The molecule has 0 bridgehead atoms. The predicted molar refractivity (Wildman–Crippen MR) is 153 cm³/mol. The van der Waals surface area contributed by atoms with Crippen LogP contribution in [-0.2, 0) is 14.3 Å². The molecule has 6 N–H and O–H groups in total. The Morgan fingerprint density at radius 2 is 1.63 bits per heavy atom. The summed E-state index contributed by atoms with van der Waals surface area (Å²) in [5, 5.41) is 46.2. The minimum absolute atomic E-state index is 0.0304. The number of fused-ring (bicyclic) bond motifs is 5. The first-order chi connectivity index (χ1) is 19.5. The van der Waals surface area contributed by atoms with Crippen molar-refractivity contribution in [3.8, 4) is 0 Å². The Balaban J connectivity index is 0.000000301. The maximum Gasteiger partial charge on any atom is 0.331 e. The van der Waals surface area contributed by atoms with Gasteiger partial charge in [0.15, 0.2) is 0 Å². The van der Waals surface area contributed by atoms with Crippen molar-refractivity contribution < 1.29 is 40.5 Å². The van der Waals surface area contributed by atoms with Crippen LogP contribution >= 0.6 is 0 Å². The Labute approximate surface area is 246 Å². The summed E-state index contributed by atoms with van der Waals surface area (Å²) in [6.07, 6.45) is 15.9. The van der Waals surface area contributed by atoms with E-state index < -0.39 is 34.1 Å². The molecule has 0 radical (unpaired) electrons. The molecule has 0 amide bonds. The largest absolute Gasteiger partial charge is 0.549 e. The average molecular weight is 578 g/mol. The second kappa shape index (κ2) is 13.0. The third-order valence-corrected chi connectivity index (χ3v) is 12.0. The zero-order valence-corrected chi connectivity index (χ0v) is 25.5. The van der Waals surface area contributed by atoms with E-state index in [1.807, 2.05) is 0 Å². The highest BCUT2D eigenvalue weighted by Crippen LogP contribution is 2.70. The van der Waals surface area contributed by atoms with E-state index in [9.17, 15) is 30.0 Å². The standard InChI is InChI=1S/C23H32O7.C10H23N/c1-20-6-3-16-17(23(20,29)9-5-15(20)13-10-18(25)30-12-13)4-7-21(28)11-14(24)2-8-22(16,21)19(26)27;1-2-3-4-5-6-7-8-9-10-11/h10,14-17,24,28-29H,2-9,11-12H2,1H3,(H,26,27);2-11H2,1H3/t14?,15-,16-,17?,20+,21?,22+,23?;/m0./s1. The lowest BCUT2D eigenvalue weighted by atomic mass is 9.41. The fourth-order valence-electron chi connectivity index (χ4n) is 9.78. The zero-order chi connectivity index (χ0) is 29.9. The summed E-state index contributed by atoms with van der Waals surface area (Å²) in [6.45, 7) is 5.73. The van der Waals surface area contributed by atoms with E-state index in [0.717, 1.165) is 18.5 Å². The van der Waals surface area contributed by atoms with Gasteiger partial charge < -0.3 is 35.7 Å². The predicted octanol–water partition coefficient (Wildman–Crippen LogP) is 2.82. The molecule has 8 heteroatoms. The van der Waals surface area contributed by atoms with Crippen molar-refractivity contribution in [3.63, 3.8) is 0 Å². The highest BCUT2D eigenvalue weighted by Gasteiger charge is 2.71. The van der Waals surface area contributed by atoms with Crippen LogP contribution in [0, 0.1) is 28.6 Å². The maximum atomic E-state index is 12.6. The Hall–Kier alpha value is -1.48. The lowest BCUT2D eigenvalue weighted by molar-refractivity contribution is -0.368. The molecule has 4 fully saturated rings. The molecule has 41 heavy (non-hydrogen) atoms. The van der Waals surface area contributed by atoms with Crippen molar-refractivity contribution in [2.24, 2.45) is 28.6 Å². The van der Waals surface area contributed by atoms with Gasteiger partial charge in [-0.1, -0.05) is 52.4 Å². The molecule has 0 aromatic rings. The van der Waals surface area contributed by atoms with E-state index >= 15 is 0 Å². The molecular formula is C33H55NO7. The Kier molecular flexibility index (Phi) is 10.3. The fraction of sp³-hybridized carbons (Fsp3) is 0.879. The molecule has 1 heterocycles. The smallest absolute Gasteiger partial charge is 0.331 e.